The summed E-state index contributed by atoms with van der Waals surface area (Å²) in [5, 5.41) is 18.0. The van der Waals surface area contributed by atoms with Crippen LogP contribution in [0, 0.1) is 0 Å². The van der Waals surface area contributed by atoms with Crippen molar-refractivity contribution in [3.8, 4) is 5.75 Å². The Bertz CT molecular complexity index is 533. The lowest BCUT2D eigenvalue weighted by Gasteiger charge is -2.16. The van der Waals surface area contributed by atoms with Gasteiger partial charge in [-0.1, -0.05) is 12.1 Å². The molecule has 0 saturated heterocycles. The summed E-state index contributed by atoms with van der Waals surface area (Å²) in [5.74, 6) is -0.753. The molecule has 5 nitrogen and oxygen atoms in total. The summed E-state index contributed by atoms with van der Waals surface area (Å²) >= 11 is 0. The molecule has 2 rings (SSSR count). The molecule has 1 aliphatic carbocycles. The lowest BCUT2D eigenvalue weighted by atomic mass is 9.71. The highest BCUT2D eigenvalue weighted by Crippen LogP contribution is 2.29. The van der Waals surface area contributed by atoms with Gasteiger partial charge in [-0.2, -0.15) is 0 Å². The summed E-state index contributed by atoms with van der Waals surface area (Å²) < 4.78 is 5.00. The van der Waals surface area contributed by atoms with E-state index in [1.165, 1.54) is 13.2 Å². The lowest BCUT2D eigenvalue weighted by Crippen LogP contribution is -2.28. The minimum absolute atomic E-state index is 0.125. The Kier molecular flexibility index (Phi) is 2.83. The monoisotopic (exact) mass is 232 g/mol. The van der Waals surface area contributed by atoms with E-state index in [0.717, 1.165) is 6.08 Å². The van der Waals surface area contributed by atoms with E-state index < -0.39 is 18.7 Å². The Morgan fingerprint density at radius 3 is 2.53 bits per heavy atom. The number of ketones is 2. The predicted octanol–water partition coefficient (Wildman–Crippen LogP) is 0.0126. The summed E-state index contributed by atoms with van der Waals surface area (Å²) in [6, 6.07) is 4.58. The fraction of sp³-hybridized carbons (Fsp3) is 0.0909. The van der Waals surface area contributed by atoms with Crippen molar-refractivity contribution in [2.45, 2.75) is 0 Å². The molecule has 0 aliphatic heterocycles. The molecule has 2 N–H and O–H groups in total. The average Bonchev–Trinajstić information content (AvgIpc) is 2.32. The summed E-state index contributed by atoms with van der Waals surface area (Å²) in [6.07, 6.45) is 0.928. The van der Waals surface area contributed by atoms with E-state index in [1.54, 1.807) is 12.1 Å². The number of Topliss-reactive ketones (excluding diaryl/α,β-unsaturated/α-hetero) is 1. The first kappa shape index (κ1) is 11.6. The topological polar surface area (TPSA) is 83.8 Å². The molecule has 0 amide bonds. The smallest absolute Gasteiger partial charge is 0.492 e. The van der Waals surface area contributed by atoms with E-state index in [9.17, 15) is 9.59 Å². The van der Waals surface area contributed by atoms with Crippen LogP contribution in [-0.4, -0.2) is 35.8 Å². The maximum Gasteiger partial charge on any atom is 0.492 e. The molecule has 0 aromatic heterocycles. The van der Waals surface area contributed by atoms with Crippen LogP contribution in [0.3, 0.4) is 0 Å². The summed E-state index contributed by atoms with van der Waals surface area (Å²) in [4.78, 5) is 23.7. The lowest BCUT2D eigenvalue weighted by molar-refractivity contribution is 0.0984. The third-order valence-corrected chi connectivity index (χ3v) is 2.56. The van der Waals surface area contributed by atoms with Crippen LogP contribution in [0.15, 0.2) is 29.7 Å². The molecule has 0 atom stereocenters. The number of benzene rings is 1. The molecule has 0 fully saturated rings. The van der Waals surface area contributed by atoms with Crippen molar-refractivity contribution in [2.75, 3.05) is 7.11 Å². The minimum Gasteiger partial charge on any atom is -0.496 e. The Hall–Kier alpha value is -1.92. The zero-order valence-corrected chi connectivity index (χ0v) is 9.01. The Morgan fingerprint density at radius 1 is 1.24 bits per heavy atom. The van der Waals surface area contributed by atoms with Crippen LogP contribution in [0.25, 0.3) is 0 Å². The second kappa shape index (κ2) is 4.16. The predicted molar refractivity (Wildman–Crippen MR) is 59.9 cm³/mol. The number of carbonyl (C=O) groups is 2. The largest absolute Gasteiger partial charge is 0.496 e. The first-order valence-corrected chi connectivity index (χ1v) is 4.90. The zero-order valence-electron chi connectivity index (χ0n) is 9.01. The number of rotatable bonds is 2. The molecule has 0 unspecified atom stereocenters. The highest BCUT2D eigenvalue weighted by atomic mass is 16.5. The normalized spacial score (nSPS) is 14.2. The van der Waals surface area contributed by atoms with Gasteiger partial charge in [0.2, 0.25) is 0 Å². The number of carbonyl (C=O) groups excluding carboxylic acids is 2. The highest BCUT2D eigenvalue weighted by Gasteiger charge is 2.33. The molecule has 0 saturated carbocycles. The van der Waals surface area contributed by atoms with Crippen LogP contribution >= 0.6 is 0 Å². The third kappa shape index (κ3) is 1.77. The second-order valence-corrected chi connectivity index (χ2v) is 3.55. The van der Waals surface area contributed by atoms with E-state index >= 15 is 0 Å². The van der Waals surface area contributed by atoms with Crippen molar-refractivity contribution < 1.29 is 24.4 Å². The van der Waals surface area contributed by atoms with Crippen molar-refractivity contribution in [3.63, 3.8) is 0 Å². The maximum absolute atomic E-state index is 11.9. The first-order chi connectivity index (χ1) is 8.06. The van der Waals surface area contributed by atoms with E-state index in [4.69, 9.17) is 14.8 Å². The molecular weight excluding hydrogens is 223 g/mol. The van der Waals surface area contributed by atoms with E-state index in [2.05, 4.69) is 0 Å². The van der Waals surface area contributed by atoms with E-state index in [1.807, 2.05) is 0 Å². The van der Waals surface area contributed by atoms with Crippen molar-refractivity contribution in [1.29, 1.82) is 0 Å². The van der Waals surface area contributed by atoms with Gasteiger partial charge < -0.3 is 14.8 Å². The molecule has 1 aromatic rings. The third-order valence-electron chi connectivity index (χ3n) is 2.56. The number of ether oxygens (including phenoxy) is 1. The van der Waals surface area contributed by atoms with Crippen molar-refractivity contribution in [3.05, 3.63) is 40.9 Å². The Balaban J connectivity index is 2.63. The zero-order chi connectivity index (χ0) is 12.6. The molecule has 0 spiro atoms. The van der Waals surface area contributed by atoms with Crippen LogP contribution in [-0.2, 0) is 0 Å². The fourth-order valence-corrected chi connectivity index (χ4v) is 1.77. The van der Waals surface area contributed by atoms with Gasteiger partial charge in [0.15, 0.2) is 11.6 Å². The van der Waals surface area contributed by atoms with Gasteiger partial charge >= 0.3 is 7.12 Å². The number of fused-ring (bicyclic) bond motifs is 1. The number of hydrogen-bond acceptors (Lipinski definition) is 5. The van der Waals surface area contributed by atoms with Gasteiger partial charge in [0.1, 0.15) is 5.75 Å². The van der Waals surface area contributed by atoms with E-state index in [-0.39, 0.29) is 16.6 Å². The number of allylic oxidation sites excluding steroid dienone is 2. The summed E-state index contributed by atoms with van der Waals surface area (Å²) in [7, 11) is -0.557. The molecule has 86 valence electrons. The molecule has 0 heterocycles. The molecule has 17 heavy (non-hydrogen) atoms. The van der Waals surface area contributed by atoms with Crippen LogP contribution in [0.5, 0.6) is 5.75 Å². The second-order valence-electron chi connectivity index (χ2n) is 3.55. The molecule has 0 radical (unpaired) electrons. The van der Waals surface area contributed by atoms with Crippen LogP contribution < -0.4 is 4.74 Å². The maximum atomic E-state index is 11.9. The SMILES string of the molecule is COc1cccc2c1C(=O)C=C(B(O)O)C2=O. The molecular formula is C11H9BO5. The summed E-state index contributed by atoms with van der Waals surface area (Å²) in [6.45, 7) is 0. The van der Waals surface area contributed by atoms with Crippen LogP contribution in [0.1, 0.15) is 20.7 Å². The average molecular weight is 232 g/mol. The standard InChI is InChI=1S/C11H9BO5/c1-17-9-4-2-3-6-10(9)8(13)5-7(11(6)14)12(15)16/h2-5,15-16H,1H3. The molecule has 1 aromatic carbocycles. The Labute approximate surface area is 97.5 Å². The van der Waals surface area contributed by atoms with Crippen molar-refractivity contribution in [1.82, 2.24) is 0 Å². The van der Waals surface area contributed by atoms with Gasteiger partial charge in [0, 0.05) is 11.0 Å². The van der Waals surface area contributed by atoms with Gasteiger partial charge in [-0.15, -0.1) is 0 Å². The van der Waals surface area contributed by atoms with Gasteiger partial charge in [0.05, 0.1) is 12.7 Å². The van der Waals surface area contributed by atoms with Crippen LogP contribution in [0.2, 0.25) is 0 Å². The number of methoxy groups -OCH3 is 1. The Morgan fingerprint density at radius 2 is 1.94 bits per heavy atom. The highest BCUT2D eigenvalue weighted by molar-refractivity contribution is 6.62. The van der Waals surface area contributed by atoms with E-state index in [0.29, 0.717) is 5.75 Å². The van der Waals surface area contributed by atoms with Gasteiger partial charge in [0.25, 0.3) is 0 Å². The van der Waals surface area contributed by atoms with Crippen LogP contribution in [0.4, 0.5) is 0 Å². The summed E-state index contributed by atoms with van der Waals surface area (Å²) in [5.41, 5.74) is -0.0416. The van der Waals surface area contributed by atoms with Gasteiger partial charge in [-0.3, -0.25) is 9.59 Å². The molecule has 1 aliphatic rings. The molecule has 6 heteroatoms. The molecule has 0 bridgehead atoms. The van der Waals surface area contributed by atoms with Crippen molar-refractivity contribution >= 4 is 18.7 Å². The van der Waals surface area contributed by atoms with Crippen molar-refractivity contribution in [2.24, 2.45) is 0 Å². The minimum atomic E-state index is -1.95. The first-order valence-electron chi connectivity index (χ1n) is 4.90. The van der Waals surface area contributed by atoms with Gasteiger partial charge in [-0.25, -0.2) is 0 Å². The fourth-order valence-electron chi connectivity index (χ4n) is 1.77. The van der Waals surface area contributed by atoms with Gasteiger partial charge in [-0.05, 0) is 12.1 Å². The quantitative estimate of drug-likeness (QED) is 0.701. The number of hydrogen-bond donors (Lipinski definition) is 2.